The summed E-state index contributed by atoms with van der Waals surface area (Å²) in [6, 6.07) is 7.51. The van der Waals surface area contributed by atoms with E-state index in [-0.39, 0.29) is 5.91 Å². The first-order chi connectivity index (χ1) is 9.56. The summed E-state index contributed by atoms with van der Waals surface area (Å²) in [5, 5.41) is 0. The standard InChI is InChI=1S/C16H23NO2S/c1-17(11-13-6-3-4-7-13)16(18)15-9-5-8-14(10-15)12-20(2)19/h5,8-10,13H,3-4,6-7,11-12H2,1-2H3/t20-/m0/s1. The molecule has 0 aromatic heterocycles. The summed E-state index contributed by atoms with van der Waals surface area (Å²) in [5.74, 6) is 1.24. The van der Waals surface area contributed by atoms with E-state index in [0.29, 0.717) is 17.2 Å². The van der Waals surface area contributed by atoms with E-state index in [1.807, 2.05) is 36.2 Å². The van der Waals surface area contributed by atoms with Crippen LogP contribution < -0.4 is 0 Å². The van der Waals surface area contributed by atoms with Gasteiger partial charge in [0.1, 0.15) is 0 Å². The van der Waals surface area contributed by atoms with Gasteiger partial charge in [-0.15, -0.1) is 0 Å². The van der Waals surface area contributed by atoms with Gasteiger partial charge in [0.2, 0.25) is 0 Å². The lowest BCUT2D eigenvalue weighted by Gasteiger charge is -2.21. The van der Waals surface area contributed by atoms with Crippen LogP contribution in [0.3, 0.4) is 0 Å². The van der Waals surface area contributed by atoms with Crippen molar-refractivity contribution in [2.24, 2.45) is 5.92 Å². The molecule has 1 fully saturated rings. The molecule has 3 nitrogen and oxygen atoms in total. The summed E-state index contributed by atoms with van der Waals surface area (Å²) in [5.41, 5.74) is 1.67. The van der Waals surface area contributed by atoms with Crippen LogP contribution in [-0.2, 0) is 16.6 Å². The number of rotatable bonds is 5. The van der Waals surface area contributed by atoms with Crippen molar-refractivity contribution in [2.45, 2.75) is 31.4 Å². The van der Waals surface area contributed by atoms with Gasteiger partial charge in [0.15, 0.2) is 0 Å². The van der Waals surface area contributed by atoms with Crippen LogP contribution in [0.4, 0.5) is 0 Å². The second-order valence-corrected chi connectivity index (χ2v) is 7.19. The Balaban J connectivity index is 2.01. The van der Waals surface area contributed by atoms with Crippen molar-refractivity contribution < 1.29 is 9.00 Å². The van der Waals surface area contributed by atoms with Gasteiger partial charge in [0.25, 0.3) is 5.91 Å². The summed E-state index contributed by atoms with van der Waals surface area (Å²) in [4.78, 5) is 14.3. The van der Waals surface area contributed by atoms with Gasteiger partial charge >= 0.3 is 0 Å². The van der Waals surface area contributed by atoms with Gasteiger partial charge in [-0.3, -0.25) is 9.00 Å². The number of amides is 1. The molecule has 0 heterocycles. The number of carbonyl (C=O) groups is 1. The average Bonchev–Trinajstić information content (AvgIpc) is 2.90. The predicted octanol–water partition coefficient (Wildman–Crippen LogP) is 2.83. The Kier molecular flexibility index (Phi) is 5.35. The quantitative estimate of drug-likeness (QED) is 0.837. The topological polar surface area (TPSA) is 37.4 Å². The van der Waals surface area contributed by atoms with Crippen LogP contribution in [0.2, 0.25) is 0 Å². The first-order valence-corrected chi connectivity index (χ1v) is 8.93. The summed E-state index contributed by atoms with van der Waals surface area (Å²) in [7, 11) is 1.00. The summed E-state index contributed by atoms with van der Waals surface area (Å²) >= 11 is 0. The molecular weight excluding hydrogens is 270 g/mol. The monoisotopic (exact) mass is 293 g/mol. The van der Waals surface area contributed by atoms with Crippen LogP contribution in [0.5, 0.6) is 0 Å². The van der Waals surface area contributed by atoms with E-state index in [2.05, 4.69) is 0 Å². The molecule has 0 spiro atoms. The maximum absolute atomic E-state index is 12.4. The Morgan fingerprint density at radius 3 is 2.70 bits per heavy atom. The number of hydrogen-bond acceptors (Lipinski definition) is 2. The number of hydrogen-bond donors (Lipinski definition) is 0. The second kappa shape index (κ2) is 7.02. The van der Waals surface area contributed by atoms with E-state index < -0.39 is 10.8 Å². The largest absolute Gasteiger partial charge is 0.341 e. The fourth-order valence-electron chi connectivity index (χ4n) is 2.91. The van der Waals surface area contributed by atoms with Gasteiger partial charge in [-0.05, 0) is 36.5 Å². The molecule has 1 saturated carbocycles. The van der Waals surface area contributed by atoms with Gasteiger partial charge in [-0.1, -0.05) is 25.0 Å². The van der Waals surface area contributed by atoms with E-state index in [1.165, 1.54) is 25.7 Å². The van der Waals surface area contributed by atoms with Gasteiger partial charge < -0.3 is 4.90 Å². The number of benzene rings is 1. The normalized spacial score (nSPS) is 17.1. The van der Waals surface area contributed by atoms with E-state index in [0.717, 1.165) is 12.1 Å². The van der Waals surface area contributed by atoms with Crippen molar-refractivity contribution >= 4 is 16.7 Å². The number of carbonyl (C=O) groups excluding carboxylic acids is 1. The van der Waals surface area contributed by atoms with Gasteiger partial charge in [0.05, 0.1) is 0 Å². The molecule has 4 heteroatoms. The van der Waals surface area contributed by atoms with Crippen LogP contribution in [0.1, 0.15) is 41.6 Å². The Morgan fingerprint density at radius 2 is 2.05 bits per heavy atom. The smallest absolute Gasteiger partial charge is 0.253 e. The van der Waals surface area contributed by atoms with Gasteiger partial charge in [-0.2, -0.15) is 0 Å². The summed E-state index contributed by atoms with van der Waals surface area (Å²) in [6.45, 7) is 0.850. The highest BCUT2D eigenvalue weighted by molar-refractivity contribution is 7.83. The molecule has 2 rings (SSSR count). The molecule has 1 aliphatic rings. The summed E-state index contributed by atoms with van der Waals surface area (Å²) < 4.78 is 11.3. The van der Waals surface area contributed by atoms with Crippen LogP contribution in [-0.4, -0.2) is 34.9 Å². The van der Waals surface area contributed by atoms with Crippen LogP contribution in [0, 0.1) is 5.92 Å². The minimum Gasteiger partial charge on any atom is -0.341 e. The molecule has 0 unspecified atom stereocenters. The molecule has 1 amide bonds. The minimum absolute atomic E-state index is 0.0700. The lowest BCUT2D eigenvalue weighted by Crippen LogP contribution is -2.31. The predicted molar refractivity (Wildman–Crippen MR) is 83.1 cm³/mol. The molecule has 0 radical (unpaired) electrons. The highest BCUT2D eigenvalue weighted by Gasteiger charge is 2.20. The molecule has 1 aromatic carbocycles. The fourth-order valence-corrected chi connectivity index (χ4v) is 3.56. The first kappa shape index (κ1) is 15.2. The van der Waals surface area contributed by atoms with Crippen LogP contribution >= 0.6 is 0 Å². The van der Waals surface area contributed by atoms with Crippen molar-refractivity contribution in [3.8, 4) is 0 Å². The SMILES string of the molecule is CN(CC1CCCC1)C(=O)c1cccc(C[S@](C)=O)c1. The molecule has 0 saturated heterocycles. The lowest BCUT2D eigenvalue weighted by atomic mass is 10.1. The highest BCUT2D eigenvalue weighted by atomic mass is 32.2. The van der Waals surface area contributed by atoms with E-state index in [9.17, 15) is 9.00 Å². The molecule has 1 aliphatic carbocycles. The molecule has 0 bridgehead atoms. The molecule has 0 N–H and O–H groups in total. The second-order valence-electron chi connectivity index (χ2n) is 5.75. The third kappa shape index (κ3) is 4.17. The van der Waals surface area contributed by atoms with E-state index in [4.69, 9.17) is 0 Å². The maximum atomic E-state index is 12.4. The van der Waals surface area contributed by atoms with Crippen LogP contribution in [0.25, 0.3) is 0 Å². The zero-order chi connectivity index (χ0) is 14.5. The first-order valence-electron chi connectivity index (χ1n) is 7.20. The molecule has 20 heavy (non-hydrogen) atoms. The van der Waals surface area contributed by atoms with Gasteiger partial charge in [0, 0.05) is 42.0 Å². The summed E-state index contributed by atoms with van der Waals surface area (Å²) in [6.07, 6.45) is 6.76. The zero-order valence-electron chi connectivity index (χ0n) is 12.3. The van der Waals surface area contributed by atoms with Crippen molar-refractivity contribution in [1.82, 2.24) is 4.90 Å². The fraction of sp³-hybridized carbons (Fsp3) is 0.562. The highest BCUT2D eigenvalue weighted by Crippen LogP contribution is 2.25. The molecule has 1 aromatic rings. The third-order valence-electron chi connectivity index (χ3n) is 3.90. The Hall–Kier alpha value is -1.16. The van der Waals surface area contributed by atoms with E-state index >= 15 is 0 Å². The van der Waals surface area contributed by atoms with Crippen molar-refractivity contribution in [2.75, 3.05) is 19.8 Å². The number of nitrogens with zero attached hydrogens (tertiary/aromatic N) is 1. The maximum Gasteiger partial charge on any atom is 0.253 e. The minimum atomic E-state index is -0.877. The Morgan fingerprint density at radius 1 is 1.35 bits per heavy atom. The van der Waals surface area contributed by atoms with Gasteiger partial charge in [-0.25, -0.2) is 0 Å². The average molecular weight is 293 g/mol. The van der Waals surface area contributed by atoms with E-state index in [1.54, 1.807) is 6.26 Å². The lowest BCUT2D eigenvalue weighted by molar-refractivity contribution is 0.0773. The Bertz CT molecular complexity index is 495. The molecule has 1 atom stereocenters. The molecule has 110 valence electrons. The van der Waals surface area contributed by atoms with Crippen molar-refractivity contribution in [1.29, 1.82) is 0 Å². The third-order valence-corrected chi connectivity index (χ3v) is 4.64. The molecular formula is C16H23NO2S. The van der Waals surface area contributed by atoms with Crippen molar-refractivity contribution in [3.63, 3.8) is 0 Å². The Labute approximate surface area is 123 Å². The van der Waals surface area contributed by atoms with Crippen LogP contribution in [0.15, 0.2) is 24.3 Å². The molecule has 0 aliphatic heterocycles. The zero-order valence-corrected chi connectivity index (χ0v) is 13.1. The van der Waals surface area contributed by atoms with Crippen molar-refractivity contribution in [3.05, 3.63) is 35.4 Å².